The minimum Gasteiger partial charge on any atom is -0.355 e. The zero-order chi connectivity index (χ0) is 11.7. The minimum absolute atomic E-state index is 0.575. The highest BCUT2D eigenvalue weighted by Crippen LogP contribution is 2.26. The Hall–Kier alpha value is -2.27. The molecule has 0 saturated carbocycles. The number of aromatic nitrogens is 1. The molecule has 82 valence electrons. The van der Waals surface area contributed by atoms with E-state index in [1.54, 1.807) is 0 Å². The van der Waals surface area contributed by atoms with E-state index >= 15 is 0 Å². The van der Waals surface area contributed by atoms with Crippen LogP contribution in [0.2, 0.25) is 0 Å². The molecule has 0 saturated heterocycles. The highest BCUT2D eigenvalue weighted by molar-refractivity contribution is 6.07. The summed E-state index contributed by atoms with van der Waals surface area (Å²) in [6, 6.07) is 16.9. The number of aryl methyl sites for hydroxylation is 1. The summed E-state index contributed by atoms with van der Waals surface area (Å²) in [6.07, 6.45) is 1.40. The molecular formula is C15H12N2. The predicted octanol–water partition coefficient (Wildman–Crippen LogP) is 3.78. The van der Waals surface area contributed by atoms with Gasteiger partial charge < -0.3 is 4.98 Å². The minimum atomic E-state index is 0.575. The largest absolute Gasteiger partial charge is 0.355 e. The van der Waals surface area contributed by atoms with Gasteiger partial charge in [-0.2, -0.15) is 5.26 Å². The Kier molecular flexibility index (Phi) is 2.31. The highest BCUT2D eigenvalue weighted by Gasteiger charge is 2.03. The molecule has 0 spiro atoms. The van der Waals surface area contributed by atoms with E-state index in [9.17, 15) is 0 Å². The molecule has 3 rings (SSSR count). The first kappa shape index (κ1) is 9.92. The van der Waals surface area contributed by atoms with Gasteiger partial charge in [-0.15, -0.1) is 0 Å². The van der Waals surface area contributed by atoms with E-state index in [-0.39, 0.29) is 0 Å². The Morgan fingerprint density at radius 1 is 1.00 bits per heavy atom. The lowest BCUT2D eigenvalue weighted by atomic mass is 10.1. The van der Waals surface area contributed by atoms with Gasteiger partial charge in [0.05, 0.1) is 6.07 Å². The number of hydrogen-bond donors (Lipinski definition) is 1. The van der Waals surface area contributed by atoms with E-state index in [1.807, 2.05) is 6.07 Å². The van der Waals surface area contributed by atoms with Crippen molar-refractivity contribution in [1.29, 1.82) is 5.26 Å². The summed E-state index contributed by atoms with van der Waals surface area (Å²) in [5.74, 6) is 0. The lowest BCUT2D eigenvalue weighted by Gasteiger charge is -1.97. The molecule has 17 heavy (non-hydrogen) atoms. The van der Waals surface area contributed by atoms with Gasteiger partial charge in [0.2, 0.25) is 0 Å². The van der Waals surface area contributed by atoms with Gasteiger partial charge in [0.1, 0.15) is 0 Å². The third kappa shape index (κ3) is 1.66. The highest BCUT2D eigenvalue weighted by atomic mass is 14.7. The van der Waals surface area contributed by atoms with Gasteiger partial charge in [-0.1, -0.05) is 30.3 Å². The van der Waals surface area contributed by atoms with Crippen LogP contribution in [0.5, 0.6) is 0 Å². The first-order valence-electron chi connectivity index (χ1n) is 5.75. The number of nitrogens with zero attached hydrogens (tertiary/aromatic N) is 1. The number of fused-ring (bicyclic) bond motifs is 3. The normalized spacial score (nSPS) is 10.8. The second-order valence-corrected chi connectivity index (χ2v) is 4.21. The van der Waals surface area contributed by atoms with Crippen molar-refractivity contribution in [3.05, 3.63) is 48.0 Å². The summed E-state index contributed by atoms with van der Waals surface area (Å²) in [5, 5.41) is 11.1. The van der Waals surface area contributed by atoms with Gasteiger partial charge in [-0.05, 0) is 24.1 Å². The fourth-order valence-electron chi connectivity index (χ4n) is 2.26. The number of rotatable bonds is 2. The SMILES string of the molecule is N#CCCc1ccc2c(c1)[nH]c1ccccc12. The monoisotopic (exact) mass is 220 g/mol. The Balaban J connectivity index is 2.17. The maximum Gasteiger partial charge on any atom is 0.0625 e. The topological polar surface area (TPSA) is 39.6 Å². The molecular weight excluding hydrogens is 208 g/mol. The van der Waals surface area contributed by atoms with Crippen LogP contribution in [-0.4, -0.2) is 4.98 Å². The van der Waals surface area contributed by atoms with Crippen molar-refractivity contribution in [1.82, 2.24) is 4.98 Å². The number of hydrogen-bond acceptors (Lipinski definition) is 1. The van der Waals surface area contributed by atoms with Crippen LogP contribution in [0.25, 0.3) is 21.8 Å². The number of para-hydroxylation sites is 1. The summed E-state index contributed by atoms with van der Waals surface area (Å²) in [5.41, 5.74) is 3.53. The summed E-state index contributed by atoms with van der Waals surface area (Å²) in [6.45, 7) is 0. The third-order valence-electron chi connectivity index (χ3n) is 3.10. The standard InChI is InChI=1S/C15H12N2/c16-9-3-4-11-7-8-13-12-5-1-2-6-14(12)17-15(13)10-11/h1-2,5-8,10,17H,3-4H2. The van der Waals surface area contributed by atoms with Crippen LogP contribution in [0.15, 0.2) is 42.5 Å². The Bertz CT molecular complexity index is 716. The van der Waals surface area contributed by atoms with Gasteiger partial charge in [0.25, 0.3) is 0 Å². The van der Waals surface area contributed by atoms with Gasteiger partial charge in [-0.25, -0.2) is 0 Å². The number of aromatic amines is 1. The number of benzene rings is 2. The zero-order valence-corrected chi connectivity index (χ0v) is 9.40. The molecule has 2 aromatic carbocycles. The van der Waals surface area contributed by atoms with Crippen LogP contribution < -0.4 is 0 Å². The van der Waals surface area contributed by atoms with Crippen LogP contribution in [0, 0.1) is 11.3 Å². The average molecular weight is 220 g/mol. The van der Waals surface area contributed by atoms with E-state index in [1.165, 1.54) is 21.9 Å². The van der Waals surface area contributed by atoms with Gasteiger partial charge in [0.15, 0.2) is 0 Å². The molecule has 0 radical (unpaired) electrons. The number of H-pyrrole nitrogens is 1. The lowest BCUT2D eigenvalue weighted by Crippen LogP contribution is -1.82. The Labute approximate surface area is 99.5 Å². The molecule has 1 aromatic heterocycles. The van der Waals surface area contributed by atoms with E-state index in [2.05, 4.69) is 47.5 Å². The lowest BCUT2D eigenvalue weighted by molar-refractivity contribution is 1.01. The van der Waals surface area contributed by atoms with Crippen LogP contribution >= 0.6 is 0 Å². The van der Waals surface area contributed by atoms with Gasteiger partial charge in [0, 0.05) is 28.2 Å². The van der Waals surface area contributed by atoms with Crippen molar-refractivity contribution in [3.8, 4) is 6.07 Å². The first-order chi connectivity index (χ1) is 8.38. The molecule has 3 aromatic rings. The maximum atomic E-state index is 8.60. The number of nitrogens with one attached hydrogen (secondary N) is 1. The van der Waals surface area contributed by atoms with Crippen molar-refractivity contribution >= 4 is 21.8 Å². The first-order valence-corrected chi connectivity index (χ1v) is 5.75. The van der Waals surface area contributed by atoms with Gasteiger partial charge >= 0.3 is 0 Å². The Morgan fingerprint density at radius 2 is 1.82 bits per heavy atom. The fourth-order valence-corrected chi connectivity index (χ4v) is 2.26. The molecule has 2 nitrogen and oxygen atoms in total. The van der Waals surface area contributed by atoms with Crippen LogP contribution in [0.4, 0.5) is 0 Å². The summed E-state index contributed by atoms with van der Waals surface area (Å²) >= 11 is 0. The van der Waals surface area contributed by atoms with Crippen molar-refractivity contribution in [3.63, 3.8) is 0 Å². The number of nitriles is 1. The van der Waals surface area contributed by atoms with E-state index in [0.29, 0.717) is 6.42 Å². The fraction of sp³-hybridized carbons (Fsp3) is 0.133. The second kappa shape index (κ2) is 3.95. The van der Waals surface area contributed by atoms with Crippen LogP contribution in [0.3, 0.4) is 0 Å². The molecule has 0 atom stereocenters. The summed E-state index contributed by atoms with van der Waals surface area (Å²) < 4.78 is 0. The van der Waals surface area contributed by atoms with E-state index in [0.717, 1.165) is 11.9 Å². The van der Waals surface area contributed by atoms with E-state index in [4.69, 9.17) is 5.26 Å². The maximum absolute atomic E-state index is 8.60. The molecule has 0 amide bonds. The smallest absolute Gasteiger partial charge is 0.0625 e. The van der Waals surface area contributed by atoms with Crippen molar-refractivity contribution in [2.24, 2.45) is 0 Å². The van der Waals surface area contributed by atoms with Crippen molar-refractivity contribution in [2.45, 2.75) is 12.8 Å². The van der Waals surface area contributed by atoms with E-state index < -0.39 is 0 Å². The van der Waals surface area contributed by atoms with Crippen LogP contribution in [0.1, 0.15) is 12.0 Å². The van der Waals surface area contributed by atoms with Crippen molar-refractivity contribution in [2.75, 3.05) is 0 Å². The quantitative estimate of drug-likeness (QED) is 0.701. The van der Waals surface area contributed by atoms with Crippen LogP contribution in [-0.2, 0) is 6.42 Å². The van der Waals surface area contributed by atoms with Gasteiger partial charge in [-0.3, -0.25) is 0 Å². The average Bonchev–Trinajstić information content (AvgIpc) is 2.74. The molecule has 0 aliphatic carbocycles. The predicted molar refractivity (Wildman–Crippen MR) is 69.7 cm³/mol. The Morgan fingerprint density at radius 3 is 2.71 bits per heavy atom. The molecule has 2 heteroatoms. The summed E-state index contributed by atoms with van der Waals surface area (Å²) in [4.78, 5) is 3.41. The molecule has 1 N–H and O–H groups in total. The molecule has 1 heterocycles. The second-order valence-electron chi connectivity index (χ2n) is 4.21. The molecule has 0 fully saturated rings. The molecule has 0 bridgehead atoms. The molecule has 0 aliphatic heterocycles. The molecule has 0 unspecified atom stereocenters. The summed E-state index contributed by atoms with van der Waals surface area (Å²) in [7, 11) is 0. The van der Waals surface area contributed by atoms with Crippen molar-refractivity contribution < 1.29 is 0 Å². The zero-order valence-electron chi connectivity index (χ0n) is 9.40. The molecule has 0 aliphatic rings. The third-order valence-corrected chi connectivity index (χ3v) is 3.10.